The summed E-state index contributed by atoms with van der Waals surface area (Å²) in [7, 11) is -3.97. The minimum absolute atomic E-state index is 0.0861. The van der Waals surface area contributed by atoms with Crippen molar-refractivity contribution in [3.8, 4) is 0 Å². The Bertz CT molecular complexity index is 727. The Hall–Kier alpha value is -1.03. The summed E-state index contributed by atoms with van der Waals surface area (Å²) >= 11 is 0. The number of aryl methyl sites for hydroxylation is 1. The lowest BCUT2D eigenvalue weighted by molar-refractivity contribution is -0.194. The Morgan fingerprint density at radius 1 is 1.12 bits per heavy atom. The van der Waals surface area contributed by atoms with Crippen LogP contribution < -0.4 is 0 Å². The molecule has 3 saturated heterocycles. The second-order valence-electron chi connectivity index (χ2n) is 6.77. The summed E-state index contributed by atoms with van der Waals surface area (Å²) in [6.07, 6.45) is -2.96. The van der Waals surface area contributed by atoms with Gasteiger partial charge in [0.1, 0.15) is 18.3 Å². The van der Waals surface area contributed by atoms with Crippen LogP contribution in [0, 0.1) is 6.92 Å². The highest BCUT2D eigenvalue weighted by Gasteiger charge is 2.60. The van der Waals surface area contributed by atoms with Crippen molar-refractivity contribution in [2.45, 2.75) is 62.2 Å². The molecule has 0 aliphatic carbocycles. The standard InChI is InChI=1S/C16H20O7S/c1-9-4-6-10(7-5-9)24(17,18)23-14-13-12(21-16(2,3)22-13)11-8-19-15(14)20-11/h4-7,11-15H,8H2,1-3H3/t11-,12+,13+,14-,15+/m1/s1. The number of ether oxygens (including phenoxy) is 4. The van der Waals surface area contributed by atoms with Crippen LogP contribution in [0.3, 0.4) is 0 Å². The van der Waals surface area contributed by atoms with Crippen LogP contribution >= 0.6 is 0 Å². The number of hydrogen-bond donors (Lipinski definition) is 0. The summed E-state index contributed by atoms with van der Waals surface area (Å²) in [6.45, 7) is 5.78. The molecule has 5 atom stereocenters. The van der Waals surface area contributed by atoms with E-state index >= 15 is 0 Å². The van der Waals surface area contributed by atoms with Crippen molar-refractivity contribution in [2.75, 3.05) is 6.61 Å². The van der Waals surface area contributed by atoms with Crippen LogP contribution in [0.2, 0.25) is 0 Å². The van der Waals surface area contributed by atoms with Gasteiger partial charge in [-0.25, -0.2) is 0 Å². The Balaban J connectivity index is 1.62. The third-order valence-electron chi connectivity index (χ3n) is 4.40. The molecule has 0 aromatic heterocycles. The van der Waals surface area contributed by atoms with Gasteiger partial charge in [-0.2, -0.15) is 8.42 Å². The van der Waals surface area contributed by atoms with E-state index in [1.165, 1.54) is 12.1 Å². The maximum absolute atomic E-state index is 12.6. The van der Waals surface area contributed by atoms with E-state index in [1.54, 1.807) is 26.0 Å². The molecule has 0 saturated carbocycles. The normalized spacial score (nSPS) is 37.4. The zero-order valence-corrected chi connectivity index (χ0v) is 14.5. The van der Waals surface area contributed by atoms with Crippen LogP contribution in [0.25, 0.3) is 0 Å². The minimum atomic E-state index is -3.97. The summed E-state index contributed by atoms with van der Waals surface area (Å²) in [4.78, 5) is 0.0861. The molecule has 1 aromatic rings. The number of rotatable bonds is 3. The molecule has 0 N–H and O–H groups in total. The van der Waals surface area contributed by atoms with Gasteiger partial charge in [-0.05, 0) is 32.9 Å². The molecule has 0 amide bonds. The van der Waals surface area contributed by atoms with Crippen LogP contribution in [0.4, 0.5) is 0 Å². The van der Waals surface area contributed by atoms with E-state index in [2.05, 4.69) is 0 Å². The fourth-order valence-corrected chi connectivity index (χ4v) is 4.38. The van der Waals surface area contributed by atoms with Crippen molar-refractivity contribution in [3.05, 3.63) is 29.8 Å². The van der Waals surface area contributed by atoms with E-state index in [4.69, 9.17) is 23.1 Å². The van der Waals surface area contributed by atoms with E-state index in [1.807, 2.05) is 6.92 Å². The molecule has 0 radical (unpaired) electrons. The molecule has 2 bridgehead atoms. The van der Waals surface area contributed by atoms with Gasteiger partial charge >= 0.3 is 0 Å². The quantitative estimate of drug-likeness (QED) is 0.756. The average Bonchev–Trinajstić information content (AvgIpc) is 3.07. The first-order valence-electron chi connectivity index (χ1n) is 7.88. The lowest BCUT2D eigenvalue weighted by Gasteiger charge is -2.34. The molecule has 3 aliphatic rings. The van der Waals surface area contributed by atoms with Crippen molar-refractivity contribution in [2.24, 2.45) is 0 Å². The van der Waals surface area contributed by atoms with Gasteiger partial charge in [-0.3, -0.25) is 4.18 Å². The third-order valence-corrected chi connectivity index (χ3v) is 5.73. The zero-order valence-electron chi connectivity index (χ0n) is 13.7. The molecule has 132 valence electrons. The molecule has 3 aliphatic heterocycles. The molecule has 1 aromatic carbocycles. The topological polar surface area (TPSA) is 80.3 Å². The zero-order chi connectivity index (χ0) is 17.1. The summed E-state index contributed by atoms with van der Waals surface area (Å²) in [5, 5.41) is 0. The Morgan fingerprint density at radius 3 is 2.50 bits per heavy atom. The molecule has 8 heteroatoms. The fourth-order valence-electron chi connectivity index (χ4n) is 3.31. The van der Waals surface area contributed by atoms with E-state index in [0.29, 0.717) is 6.61 Å². The van der Waals surface area contributed by atoms with Gasteiger partial charge in [0.05, 0.1) is 11.5 Å². The van der Waals surface area contributed by atoms with Crippen molar-refractivity contribution >= 4 is 10.1 Å². The lowest BCUT2D eigenvalue weighted by atomic mass is 10.0. The third kappa shape index (κ3) is 2.77. The summed E-state index contributed by atoms with van der Waals surface area (Å²) in [5.41, 5.74) is 0.964. The first-order chi connectivity index (χ1) is 11.3. The number of hydrogen-bond acceptors (Lipinski definition) is 7. The van der Waals surface area contributed by atoms with Crippen molar-refractivity contribution in [1.29, 1.82) is 0 Å². The predicted octanol–water partition coefficient (Wildman–Crippen LogP) is 1.34. The number of fused-ring (bicyclic) bond motifs is 4. The van der Waals surface area contributed by atoms with Gasteiger partial charge in [0, 0.05) is 0 Å². The van der Waals surface area contributed by atoms with Gasteiger partial charge in [-0.1, -0.05) is 17.7 Å². The second kappa shape index (κ2) is 5.48. The summed E-state index contributed by atoms with van der Waals surface area (Å²) in [6, 6.07) is 6.47. The van der Waals surface area contributed by atoms with E-state index in [9.17, 15) is 8.42 Å². The van der Waals surface area contributed by atoms with Crippen molar-refractivity contribution in [1.82, 2.24) is 0 Å². The van der Waals surface area contributed by atoms with Crippen molar-refractivity contribution in [3.63, 3.8) is 0 Å². The molecular formula is C16H20O7S. The highest BCUT2D eigenvalue weighted by molar-refractivity contribution is 7.86. The smallest absolute Gasteiger partial charge is 0.297 e. The Labute approximate surface area is 140 Å². The minimum Gasteiger partial charge on any atom is -0.347 e. The monoisotopic (exact) mass is 356 g/mol. The second-order valence-corrected chi connectivity index (χ2v) is 8.34. The van der Waals surface area contributed by atoms with Crippen molar-refractivity contribution < 1.29 is 31.5 Å². The predicted molar refractivity (Wildman–Crippen MR) is 81.7 cm³/mol. The van der Waals surface area contributed by atoms with E-state index in [0.717, 1.165) is 5.56 Å². The van der Waals surface area contributed by atoms with Gasteiger partial charge < -0.3 is 18.9 Å². The van der Waals surface area contributed by atoms with Crippen LogP contribution in [0.15, 0.2) is 29.2 Å². The van der Waals surface area contributed by atoms with E-state index in [-0.39, 0.29) is 11.0 Å². The molecule has 0 spiro atoms. The summed E-state index contributed by atoms with van der Waals surface area (Å²) in [5.74, 6) is -0.821. The molecular weight excluding hydrogens is 336 g/mol. The molecule has 3 fully saturated rings. The highest BCUT2D eigenvalue weighted by Crippen LogP contribution is 2.42. The lowest BCUT2D eigenvalue weighted by Crippen LogP contribution is -2.53. The van der Waals surface area contributed by atoms with Crippen LogP contribution in [-0.2, 0) is 33.2 Å². The highest BCUT2D eigenvalue weighted by atomic mass is 32.2. The van der Waals surface area contributed by atoms with Gasteiger partial charge in [0.2, 0.25) is 0 Å². The maximum Gasteiger partial charge on any atom is 0.297 e. The molecule has 0 unspecified atom stereocenters. The number of benzene rings is 1. The van der Waals surface area contributed by atoms with Crippen LogP contribution in [0.1, 0.15) is 19.4 Å². The molecule has 7 nitrogen and oxygen atoms in total. The maximum atomic E-state index is 12.6. The first kappa shape index (κ1) is 16.4. The van der Waals surface area contributed by atoms with Gasteiger partial charge in [0.25, 0.3) is 10.1 Å². The van der Waals surface area contributed by atoms with Gasteiger partial charge in [-0.15, -0.1) is 0 Å². The van der Waals surface area contributed by atoms with E-state index < -0.39 is 40.5 Å². The molecule has 24 heavy (non-hydrogen) atoms. The molecule has 4 rings (SSSR count). The van der Waals surface area contributed by atoms with Crippen LogP contribution in [-0.4, -0.2) is 51.5 Å². The first-order valence-corrected chi connectivity index (χ1v) is 9.29. The molecule has 3 heterocycles. The Morgan fingerprint density at radius 2 is 1.79 bits per heavy atom. The Kier molecular flexibility index (Phi) is 3.76. The van der Waals surface area contributed by atoms with Gasteiger partial charge in [0.15, 0.2) is 18.2 Å². The summed E-state index contributed by atoms with van der Waals surface area (Å²) < 4.78 is 53.6. The fraction of sp³-hybridized carbons (Fsp3) is 0.625. The average molecular weight is 356 g/mol. The SMILES string of the molecule is Cc1ccc(S(=O)(=O)O[C@H]2[C@H]3OC[C@@H](O3)[C@@H]3OC(C)(C)O[C@@H]32)cc1. The largest absolute Gasteiger partial charge is 0.347 e. The van der Waals surface area contributed by atoms with Crippen LogP contribution in [0.5, 0.6) is 0 Å².